The number of pyridine rings is 1. The van der Waals surface area contributed by atoms with Crippen molar-refractivity contribution in [3.8, 4) is 11.3 Å². The number of hydrogen-bond donors (Lipinski definition) is 0. The van der Waals surface area contributed by atoms with Gasteiger partial charge in [0.2, 0.25) is 5.91 Å². The summed E-state index contributed by atoms with van der Waals surface area (Å²) in [5, 5.41) is 0. The molecule has 4 heterocycles. The van der Waals surface area contributed by atoms with Crippen LogP contribution in [-0.4, -0.2) is 45.5 Å². The largest absolute Gasteiger partial charge is 0.381 e. The molecule has 1 saturated heterocycles. The standard InChI is InChI=1S/C17H18N4O2/c22-17(13-4-7-23-10-13)21-6-3-15-14(9-21)16(20-11-19-15)12-2-1-5-18-8-12/h1-2,5,8,11,13H,3-4,6-7,9-10H2. The molecule has 0 bridgehead atoms. The average molecular weight is 310 g/mol. The van der Waals surface area contributed by atoms with Crippen LogP contribution in [0.15, 0.2) is 30.9 Å². The van der Waals surface area contributed by atoms with Crippen LogP contribution in [0, 0.1) is 5.92 Å². The molecule has 2 aromatic rings. The molecule has 0 aromatic carbocycles. The van der Waals surface area contributed by atoms with Gasteiger partial charge in [0.1, 0.15) is 6.33 Å². The summed E-state index contributed by atoms with van der Waals surface area (Å²) in [7, 11) is 0. The van der Waals surface area contributed by atoms with E-state index in [0.29, 0.717) is 26.3 Å². The Morgan fingerprint density at radius 2 is 2.30 bits per heavy atom. The van der Waals surface area contributed by atoms with E-state index in [1.165, 1.54) is 0 Å². The quantitative estimate of drug-likeness (QED) is 0.840. The number of amides is 1. The highest BCUT2D eigenvalue weighted by atomic mass is 16.5. The van der Waals surface area contributed by atoms with Crippen molar-refractivity contribution in [1.29, 1.82) is 0 Å². The van der Waals surface area contributed by atoms with Crippen molar-refractivity contribution in [2.24, 2.45) is 5.92 Å². The lowest BCUT2D eigenvalue weighted by molar-refractivity contribution is -0.136. The summed E-state index contributed by atoms with van der Waals surface area (Å²) in [6.07, 6.45) is 6.73. The number of hydrogen-bond acceptors (Lipinski definition) is 5. The molecule has 1 atom stereocenters. The Labute approximate surface area is 134 Å². The van der Waals surface area contributed by atoms with Gasteiger partial charge in [-0.15, -0.1) is 0 Å². The second-order valence-electron chi connectivity index (χ2n) is 5.96. The van der Waals surface area contributed by atoms with E-state index in [1.54, 1.807) is 18.7 Å². The van der Waals surface area contributed by atoms with Crippen LogP contribution in [-0.2, 0) is 22.5 Å². The number of aromatic nitrogens is 3. The van der Waals surface area contributed by atoms with Crippen LogP contribution in [0.25, 0.3) is 11.3 Å². The molecule has 6 nitrogen and oxygen atoms in total. The third-order valence-electron chi connectivity index (χ3n) is 4.53. The molecule has 0 radical (unpaired) electrons. The first-order chi connectivity index (χ1) is 11.3. The monoisotopic (exact) mass is 310 g/mol. The van der Waals surface area contributed by atoms with Gasteiger partial charge < -0.3 is 9.64 Å². The molecule has 4 rings (SSSR count). The van der Waals surface area contributed by atoms with Gasteiger partial charge in [-0.1, -0.05) is 0 Å². The molecule has 2 aliphatic heterocycles. The maximum Gasteiger partial charge on any atom is 0.228 e. The highest BCUT2D eigenvalue weighted by Crippen LogP contribution is 2.28. The fourth-order valence-electron chi connectivity index (χ4n) is 3.27. The van der Waals surface area contributed by atoms with Gasteiger partial charge >= 0.3 is 0 Å². The van der Waals surface area contributed by atoms with Crippen molar-refractivity contribution in [3.63, 3.8) is 0 Å². The van der Waals surface area contributed by atoms with E-state index >= 15 is 0 Å². The summed E-state index contributed by atoms with van der Waals surface area (Å²) in [5.74, 6) is 0.192. The second kappa shape index (κ2) is 6.04. The minimum absolute atomic E-state index is 0.00280. The molecule has 1 fully saturated rings. The molecule has 2 aromatic heterocycles. The lowest BCUT2D eigenvalue weighted by Gasteiger charge is -2.30. The average Bonchev–Trinajstić information content (AvgIpc) is 3.15. The highest BCUT2D eigenvalue weighted by molar-refractivity contribution is 5.80. The zero-order valence-corrected chi connectivity index (χ0v) is 12.8. The molecule has 2 aliphatic rings. The van der Waals surface area contributed by atoms with Crippen molar-refractivity contribution in [1.82, 2.24) is 19.9 Å². The summed E-state index contributed by atoms with van der Waals surface area (Å²) in [5.41, 5.74) is 3.91. The number of nitrogens with zero attached hydrogens (tertiary/aromatic N) is 4. The van der Waals surface area contributed by atoms with E-state index in [9.17, 15) is 4.79 Å². The van der Waals surface area contributed by atoms with E-state index in [-0.39, 0.29) is 11.8 Å². The van der Waals surface area contributed by atoms with Crippen molar-refractivity contribution in [2.75, 3.05) is 19.8 Å². The van der Waals surface area contributed by atoms with Crippen LogP contribution in [0.3, 0.4) is 0 Å². The minimum atomic E-state index is 0.00280. The first-order valence-corrected chi connectivity index (χ1v) is 7.92. The SMILES string of the molecule is O=C(C1CCOC1)N1CCc2ncnc(-c3cccnc3)c2C1. The topological polar surface area (TPSA) is 68.2 Å². The molecule has 6 heteroatoms. The first kappa shape index (κ1) is 14.3. The van der Waals surface area contributed by atoms with Gasteiger partial charge in [0.05, 0.1) is 23.9 Å². The molecule has 0 saturated carbocycles. The van der Waals surface area contributed by atoms with Gasteiger partial charge in [0.25, 0.3) is 0 Å². The Morgan fingerprint density at radius 3 is 3.09 bits per heavy atom. The Bertz CT molecular complexity index is 714. The molecule has 118 valence electrons. The van der Waals surface area contributed by atoms with Gasteiger partial charge in [-0.3, -0.25) is 9.78 Å². The predicted octanol–water partition coefficient (Wildman–Crippen LogP) is 1.46. The molecule has 23 heavy (non-hydrogen) atoms. The van der Waals surface area contributed by atoms with Crippen LogP contribution in [0.2, 0.25) is 0 Å². The lowest BCUT2D eigenvalue weighted by atomic mass is 9.98. The van der Waals surface area contributed by atoms with Crippen LogP contribution >= 0.6 is 0 Å². The number of rotatable bonds is 2. The van der Waals surface area contributed by atoms with Gasteiger partial charge in [-0.2, -0.15) is 0 Å². The Kier molecular flexibility index (Phi) is 3.75. The molecular formula is C17H18N4O2. The second-order valence-corrected chi connectivity index (χ2v) is 5.96. The maximum absolute atomic E-state index is 12.7. The molecular weight excluding hydrogens is 292 g/mol. The minimum Gasteiger partial charge on any atom is -0.381 e. The van der Waals surface area contributed by atoms with E-state index in [2.05, 4.69) is 15.0 Å². The van der Waals surface area contributed by atoms with Crippen LogP contribution < -0.4 is 0 Å². The molecule has 0 aliphatic carbocycles. The predicted molar refractivity (Wildman–Crippen MR) is 83.3 cm³/mol. The van der Waals surface area contributed by atoms with Crippen molar-refractivity contribution in [2.45, 2.75) is 19.4 Å². The van der Waals surface area contributed by atoms with E-state index in [0.717, 1.165) is 35.4 Å². The van der Waals surface area contributed by atoms with Gasteiger partial charge in [-0.25, -0.2) is 9.97 Å². The number of carbonyl (C=O) groups is 1. The number of fused-ring (bicyclic) bond motifs is 1. The Hall–Kier alpha value is -2.34. The van der Waals surface area contributed by atoms with Crippen LogP contribution in [0.4, 0.5) is 0 Å². The Balaban J connectivity index is 1.64. The zero-order chi connectivity index (χ0) is 15.6. The maximum atomic E-state index is 12.7. The lowest BCUT2D eigenvalue weighted by Crippen LogP contribution is -2.40. The van der Waals surface area contributed by atoms with Gasteiger partial charge in [0, 0.05) is 49.6 Å². The number of carbonyl (C=O) groups excluding carboxylic acids is 1. The smallest absolute Gasteiger partial charge is 0.228 e. The molecule has 1 amide bonds. The van der Waals surface area contributed by atoms with E-state index < -0.39 is 0 Å². The molecule has 0 N–H and O–H groups in total. The molecule has 0 spiro atoms. The van der Waals surface area contributed by atoms with Crippen molar-refractivity contribution in [3.05, 3.63) is 42.1 Å². The van der Waals surface area contributed by atoms with E-state index in [1.807, 2.05) is 17.0 Å². The third kappa shape index (κ3) is 2.70. The zero-order valence-electron chi connectivity index (χ0n) is 12.8. The summed E-state index contributed by atoms with van der Waals surface area (Å²) in [4.78, 5) is 27.6. The third-order valence-corrected chi connectivity index (χ3v) is 4.53. The summed E-state index contributed by atoms with van der Waals surface area (Å²) in [6, 6.07) is 3.88. The number of ether oxygens (including phenoxy) is 1. The van der Waals surface area contributed by atoms with Crippen molar-refractivity contribution < 1.29 is 9.53 Å². The summed E-state index contributed by atoms with van der Waals surface area (Å²) >= 11 is 0. The Morgan fingerprint density at radius 1 is 1.35 bits per heavy atom. The van der Waals surface area contributed by atoms with Gasteiger partial charge in [-0.05, 0) is 18.6 Å². The van der Waals surface area contributed by atoms with E-state index in [4.69, 9.17) is 4.74 Å². The summed E-state index contributed by atoms with van der Waals surface area (Å²) in [6.45, 7) is 2.51. The normalized spacial score (nSPS) is 20.3. The fraction of sp³-hybridized carbons (Fsp3) is 0.412. The summed E-state index contributed by atoms with van der Waals surface area (Å²) < 4.78 is 5.35. The fourth-order valence-corrected chi connectivity index (χ4v) is 3.27. The van der Waals surface area contributed by atoms with Gasteiger partial charge in [0.15, 0.2) is 0 Å². The molecule has 1 unspecified atom stereocenters. The van der Waals surface area contributed by atoms with Crippen molar-refractivity contribution >= 4 is 5.91 Å². The van der Waals surface area contributed by atoms with Crippen LogP contribution in [0.1, 0.15) is 17.7 Å². The first-order valence-electron chi connectivity index (χ1n) is 7.92. The van der Waals surface area contributed by atoms with Crippen LogP contribution in [0.5, 0.6) is 0 Å². The highest BCUT2D eigenvalue weighted by Gasteiger charge is 2.31.